The normalized spacial score (nSPS) is 23.4. The lowest BCUT2D eigenvalue weighted by Gasteiger charge is -2.25. The molecule has 0 spiro atoms. The highest BCUT2D eigenvalue weighted by molar-refractivity contribution is 5.73. The molecule has 0 bridgehead atoms. The van der Waals surface area contributed by atoms with Gasteiger partial charge in [0.2, 0.25) is 5.95 Å². The predicted octanol–water partition coefficient (Wildman–Crippen LogP) is 1.99. The summed E-state index contributed by atoms with van der Waals surface area (Å²) in [5.41, 5.74) is 1.66. The first-order chi connectivity index (χ1) is 9.31. The second kappa shape index (κ2) is 5.48. The number of aliphatic hydroxyl groups excluding tert-OH is 1. The third-order valence-electron chi connectivity index (χ3n) is 3.66. The first kappa shape index (κ1) is 12.3. The number of benzene rings is 1. The number of fused-ring (bicyclic) bond motifs is 1. The van der Waals surface area contributed by atoms with Gasteiger partial charge in [-0.05, 0) is 37.3 Å². The summed E-state index contributed by atoms with van der Waals surface area (Å²) >= 11 is 0. The molecule has 0 aliphatic heterocycles. The summed E-state index contributed by atoms with van der Waals surface area (Å²) in [6, 6.07) is 7.70. The molecule has 2 aromatic rings. The SMILES string of the molecule is OC1CCCC(CNc2nnc3ccccc3n2)C1. The third-order valence-corrected chi connectivity index (χ3v) is 3.66. The Morgan fingerprint density at radius 3 is 2.84 bits per heavy atom. The zero-order valence-electron chi connectivity index (χ0n) is 10.8. The molecule has 0 radical (unpaired) electrons. The quantitative estimate of drug-likeness (QED) is 0.881. The van der Waals surface area contributed by atoms with E-state index in [1.807, 2.05) is 24.3 Å². The van der Waals surface area contributed by atoms with Gasteiger partial charge < -0.3 is 10.4 Å². The third kappa shape index (κ3) is 2.98. The van der Waals surface area contributed by atoms with Gasteiger partial charge in [0.1, 0.15) is 5.52 Å². The van der Waals surface area contributed by atoms with Crippen LogP contribution < -0.4 is 5.32 Å². The number of aliphatic hydroxyl groups is 1. The molecule has 0 amide bonds. The van der Waals surface area contributed by atoms with Crippen molar-refractivity contribution in [3.63, 3.8) is 0 Å². The van der Waals surface area contributed by atoms with Crippen molar-refractivity contribution in [3.8, 4) is 0 Å². The molecule has 1 aliphatic rings. The molecule has 0 saturated heterocycles. The maximum atomic E-state index is 9.65. The minimum Gasteiger partial charge on any atom is -0.393 e. The molecule has 2 N–H and O–H groups in total. The first-order valence-corrected chi connectivity index (χ1v) is 6.82. The van der Waals surface area contributed by atoms with Crippen molar-refractivity contribution < 1.29 is 5.11 Å². The zero-order valence-corrected chi connectivity index (χ0v) is 10.8. The van der Waals surface area contributed by atoms with Crippen LogP contribution in [0.1, 0.15) is 25.7 Å². The van der Waals surface area contributed by atoms with Crippen molar-refractivity contribution in [2.45, 2.75) is 31.8 Å². The molecule has 5 heteroatoms. The van der Waals surface area contributed by atoms with E-state index in [2.05, 4.69) is 20.5 Å². The average Bonchev–Trinajstić information content (AvgIpc) is 2.45. The van der Waals surface area contributed by atoms with Crippen LogP contribution in [0.15, 0.2) is 24.3 Å². The Morgan fingerprint density at radius 2 is 2.00 bits per heavy atom. The van der Waals surface area contributed by atoms with Gasteiger partial charge >= 0.3 is 0 Å². The van der Waals surface area contributed by atoms with E-state index in [0.717, 1.165) is 43.3 Å². The molecule has 19 heavy (non-hydrogen) atoms. The highest BCUT2D eigenvalue weighted by Crippen LogP contribution is 2.24. The van der Waals surface area contributed by atoms with E-state index < -0.39 is 0 Å². The molecule has 2 unspecified atom stereocenters. The van der Waals surface area contributed by atoms with Crippen LogP contribution >= 0.6 is 0 Å². The van der Waals surface area contributed by atoms with Gasteiger partial charge in [0.15, 0.2) is 0 Å². The van der Waals surface area contributed by atoms with Crippen LogP contribution in [0.4, 0.5) is 5.95 Å². The monoisotopic (exact) mass is 258 g/mol. The topological polar surface area (TPSA) is 70.9 Å². The summed E-state index contributed by atoms with van der Waals surface area (Å²) < 4.78 is 0. The van der Waals surface area contributed by atoms with Crippen molar-refractivity contribution in [2.75, 3.05) is 11.9 Å². The number of hydrogen-bond donors (Lipinski definition) is 2. The van der Waals surface area contributed by atoms with Gasteiger partial charge in [0.25, 0.3) is 0 Å². The number of para-hydroxylation sites is 1. The van der Waals surface area contributed by atoms with Crippen LogP contribution in [0.5, 0.6) is 0 Å². The Labute approximate surface area is 112 Å². The average molecular weight is 258 g/mol. The van der Waals surface area contributed by atoms with Crippen molar-refractivity contribution in [1.82, 2.24) is 15.2 Å². The number of hydrogen-bond acceptors (Lipinski definition) is 5. The summed E-state index contributed by atoms with van der Waals surface area (Å²) in [5, 5.41) is 21.1. The van der Waals surface area contributed by atoms with Gasteiger partial charge in [0.05, 0.1) is 11.6 Å². The Balaban J connectivity index is 1.64. The molecule has 1 heterocycles. The molecular formula is C14H18N4O. The molecule has 1 aromatic carbocycles. The zero-order chi connectivity index (χ0) is 13.1. The largest absolute Gasteiger partial charge is 0.393 e. The van der Waals surface area contributed by atoms with E-state index in [4.69, 9.17) is 0 Å². The Hall–Kier alpha value is -1.75. The molecule has 2 atom stereocenters. The minimum atomic E-state index is -0.142. The summed E-state index contributed by atoms with van der Waals surface area (Å²) in [5.74, 6) is 1.07. The van der Waals surface area contributed by atoms with Crippen LogP contribution in [-0.2, 0) is 0 Å². The lowest BCUT2D eigenvalue weighted by molar-refractivity contribution is 0.104. The van der Waals surface area contributed by atoms with Crippen molar-refractivity contribution in [2.24, 2.45) is 5.92 Å². The highest BCUT2D eigenvalue weighted by Gasteiger charge is 2.20. The van der Waals surface area contributed by atoms with Gasteiger partial charge in [-0.1, -0.05) is 18.6 Å². The molecule has 100 valence electrons. The number of anilines is 1. The Kier molecular flexibility index (Phi) is 3.55. The van der Waals surface area contributed by atoms with Crippen molar-refractivity contribution in [3.05, 3.63) is 24.3 Å². The van der Waals surface area contributed by atoms with Crippen molar-refractivity contribution in [1.29, 1.82) is 0 Å². The van der Waals surface area contributed by atoms with E-state index in [9.17, 15) is 5.11 Å². The van der Waals surface area contributed by atoms with Gasteiger partial charge in [-0.25, -0.2) is 4.98 Å². The summed E-state index contributed by atoms with van der Waals surface area (Å²) in [4.78, 5) is 4.43. The van der Waals surface area contributed by atoms with E-state index in [0.29, 0.717) is 11.9 Å². The molecule has 5 nitrogen and oxygen atoms in total. The van der Waals surface area contributed by atoms with E-state index >= 15 is 0 Å². The highest BCUT2D eigenvalue weighted by atomic mass is 16.3. The van der Waals surface area contributed by atoms with Crippen LogP contribution in [0, 0.1) is 5.92 Å². The van der Waals surface area contributed by atoms with E-state index in [-0.39, 0.29) is 6.10 Å². The van der Waals surface area contributed by atoms with Crippen LogP contribution in [0.25, 0.3) is 11.0 Å². The predicted molar refractivity (Wildman–Crippen MR) is 73.8 cm³/mol. The maximum absolute atomic E-state index is 9.65. The lowest BCUT2D eigenvalue weighted by atomic mass is 9.87. The fourth-order valence-electron chi connectivity index (χ4n) is 2.64. The lowest BCUT2D eigenvalue weighted by Crippen LogP contribution is -2.25. The molecule has 1 aliphatic carbocycles. The number of nitrogens with one attached hydrogen (secondary N) is 1. The van der Waals surface area contributed by atoms with Gasteiger partial charge in [-0.15, -0.1) is 10.2 Å². The summed E-state index contributed by atoms with van der Waals surface area (Å²) in [7, 11) is 0. The smallest absolute Gasteiger partial charge is 0.243 e. The fourth-order valence-corrected chi connectivity index (χ4v) is 2.64. The molecule has 3 rings (SSSR count). The standard InChI is InChI=1S/C14H18N4O/c19-11-5-3-4-10(8-11)9-15-14-16-12-6-1-2-7-13(12)17-18-14/h1-2,6-7,10-11,19H,3-5,8-9H2,(H,15,16,18). The number of aromatic nitrogens is 3. The molecule has 1 aromatic heterocycles. The van der Waals surface area contributed by atoms with Crippen LogP contribution in [0.2, 0.25) is 0 Å². The summed E-state index contributed by atoms with van der Waals surface area (Å²) in [6.07, 6.45) is 3.92. The van der Waals surface area contributed by atoms with Crippen LogP contribution in [0.3, 0.4) is 0 Å². The maximum Gasteiger partial charge on any atom is 0.243 e. The van der Waals surface area contributed by atoms with Gasteiger partial charge in [-0.3, -0.25) is 0 Å². The van der Waals surface area contributed by atoms with Crippen molar-refractivity contribution >= 4 is 17.0 Å². The van der Waals surface area contributed by atoms with Gasteiger partial charge in [0, 0.05) is 6.54 Å². The van der Waals surface area contributed by atoms with Gasteiger partial charge in [-0.2, -0.15) is 0 Å². The van der Waals surface area contributed by atoms with E-state index in [1.54, 1.807) is 0 Å². The summed E-state index contributed by atoms with van der Waals surface area (Å²) in [6.45, 7) is 0.803. The second-order valence-corrected chi connectivity index (χ2v) is 5.19. The molecule has 1 fully saturated rings. The van der Waals surface area contributed by atoms with Crippen LogP contribution in [-0.4, -0.2) is 32.9 Å². The Morgan fingerprint density at radius 1 is 1.16 bits per heavy atom. The molecule has 1 saturated carbocycles. The molecular weight excluding hydrogens is 240 g/mol. The Bertz CT molecular complexity index is 560. The fraction of sp³-hybridized carbons (Fsp3) is 0.500. The second-order valence-electron chi connectivity index (χ2n) is 5.19. The first-order valence-electron chi connectivity index (χ1n) is 6.82. The number of nitrogens with zero attached hydrogens (tertiary/aromatic N) is 3. The van der Waals surface area contributed by atoms with E-state index in [1.165, 1.54) is 0 Å². The number of rotatable bonds is 3. The minimum absolute atomic E-state index is 0.142.